The lowest BCUT2D eigenvalue weighted by Gasteiger charge is -2.13. The van der Waals surface area contributed by atoms with E-state index in [1.807, 2.05) is 0 Å². The summed E-state index contributed by atoms with van der Waals surface area (Å²) in [6, 6.07) is 16.4. The van der Waals surface area contributed by atoms with Gasteiger partial charge in [-0.15, -0.1) is 0 Å². The Labute approximate surface area is 203 Å². The average Bonchev–Trinajstić information content (AvgIpc) is 3.15. The lowest BCUT2D eigenvalue weighted by atomic mass is 10.2. The molecule has 0 unspecified atom stereocenters. The number of carbonyl (C=O) groups excluding carboxylic acids is 3. The molecular formula is C24H17Cl2FN4O3. The number of nitrogens with zero attached hydrogens (tertiary/aromatic N) is 1. The molecular weight excluding hydrogens is 482 g/mol. The van der Waals surface area contributed by atoms with E-state index >= 15 is 0 Å². The first-order valence-corrected chi connectivity index (χ1v) is 10.7. The number of anilines is 2. The molecule has 1 heterocycles. The molecule has 3 amide bonds. The van der Waals surface area contributed by atoms with Gasteiger partial charge in [0.2, 0.25) is 0 Å². The maximum atomic E-state index is 13.2. The standard InChI is InChI=1S/C24H17Cl2FN4O3/c1-13-18(26)3-2-4-19(13)29-23(33)24(34)30-31-20-10-5-15(25)11-14(20)12-21(31)22(32)28-17-8-6-16(27)7-9-17/h2-12H,1H3,(H,28,32)(H,29,33)(H,30,34). The van der Waals surface area contributed by atoms with Crippen molar-refractivity contribution < 1.29 is 18.8 Å². The molecule has 34 heavy (non-hydrogen) atoms. The van der Waals surface area contributed by atoms with E-state index in [0.717, 1.165) is 0 Å². The quantitative estimate of drug-likeness (QED) is 0.331. The second-order valence-electron chi connectivity index (χ2n) is 7.34. The number of aromatic nitrogens is 1. The number of hydrogen-bond donors (Lipinski definition) is 3. The summed E-state index contributed by atoms with van der Waals surface area (Å²) in [5.41, 5.74) is 4.25. The predicted molar refractivity (Wildman–Crippen MR) is 130 cm³/mol. The van der Waals surface area contributed by atoms with Gasteiger partial charge in [0.25, 0.3) is 5.91 Å². The molecule has 4 rings (SSSR count). The molecule has 4 aromatic rings. The van der Waals surface area contributed by atoms with E-state index < -0.39 is 23.5 Å². The lowest BCUT2D eigenvalue weighted by Crippen LogP contribution is -2.36. The summed E-state index contributed by atoms with van der Waals surface area (Å²) >= 11 is 12.1. The van der Waals surface area contributed by atoms with E-state index in [1.165, 1.54) is 35.0 Å². The molecule has 0 saturated carbocycles. The number of hydrogen-bond acceptors (Lipinski definition) is 3. The third kappa shape index (κ3) is 4.88. The summed E-state index contributed by atoms with van der Waals surface area (Å²) < 4.78 is 14.4. The van der Waals surface area contributed by atoms with Gasteiger partial charge in [0.05, 0.1) is 5.52 Å². The van der Waals surface area contributed by atoms with E-state index in [-0.39, 0.29) is 5.69 Å². The Hall–Kier alpha value is -3.88. The molecule has 0 saturated heterocycles. The first-order valence-electron chi connectivity index (χ1n) is 9.98. The third-order valence-corrected chi connectivity index (χ3v) is 5.68. The van der Waals surface area contributed by atoms with Crippen LogP contribution in [-0.4, -0.2) is 22.4 Å². The van der Waals surface area contributed by atoms with Crippen molar-refractivity contribution in [3.8, 4) is 0 Å². The fraction of sp³-hybridized carbons (Fsp3) is 0.0417. The molecule has 0 aliphatic carbocycles. The highest BCUT2D eigenvalue weighted by molar-refractivity contribution is 6.43. The molecule has 172 valence electrons. The van der Waals surface area contributed by atoms with E-state index in [9.17, 15) is 18.8 Å². The molecule has 3 N–H and O–H groups in total. The van der Waals surface area contributed by atoms with Crippen LogP contribution in [-0.2, 0) is 9.59 Å². The fourth-order valence-corrected chi connectivity index (χ4v) is 3.63. The number of carbonyl (C=O) groups is 3. The molecule has 0 bridgehead atoms. The molecule has 1 aromatic heterocycles. The SMILES string of the molecule is Cc1c(Cl)cccc1NC(=O)C(=O)Nn1c(C(=O)Nc2ccc(F)cc2)cc2cc(Cl)ccc21. The average molecular weight is 499 g/mol. The molecule has 0 aliphatic rings. The highest BCUT2D eigenvalue weighted by Gasteiger charge is 2.22. The van der Waals surface area contributed by atoms with Gasteiger partial charge in [-0.1, -0.05) is 29.3 Å². The van der Waals surface area contributed by atoms with Crippen LogP contribution in [0.25, 0.3) is 10.9 Å². The molecule has 0 radical (unpaired) electrons. The monoisotopic (exact) mass is 498 g/mol. The first kappa shape index (κ1) is 23.3. The molecule has 10 heteroatoms. The van der Waals surface area contributed by atoms with Crippen molar-refractivity contribution in [3.63, 3.8) is 0 Å². The van der Waals surface area contributed by atoms with Gasteiger partial charge in [-0.05, 0) is 73.2 Å². The Bertz CT molecular complexity index is 1430. The maximum Gasteiger partial charge on any atom is 0.328 e. The second kappa shape index (κ2) is 9.54. The van der Waals surface area contributed by atoms with Crippen LogP contribution in [0.5, 0.6) is 0 Å². The van der Waals surface area contributed by atoms with Gasteiger partial charge >= 0.3 is 11.8 Å². The second-order valence-corrected chi connectivity index (χ2v) is 8.18. The topological polar surface area (TPSA) is 92.2 Å². The van der Waals surface area contributed by atoms with Gasteiger partial charge in [0, 0.05) is 26.8 Å². The molecule has 7 nitrogen and oxygen atoms in total. The summed E-state index contributed by atoms with van der Waals surface area (Å²) in [5, 5.41) is 6.56. The van der Waals surface area contributed by atoms with Crippen LogP contribution >= 0.6 is 23.2 Å². The molecule has 0 aliphatic heterocycles. The van der Waals surface area contributed by atoms with Crippen LogP contribution in [0.4, 0.5) is 15.8 Å². The minimum atomic E-state index is -1.01. The Morgan fingerprint density at radius 3 is 2.35 bits per heavy atom. The molecule has 3 aromatic carbocycles. The Kier molecular flexibility index (Phi) is 6.54. The van der Waals surface area contributed by atoms with Crippen LogP contribution in [0.3, 0.4) is 0 Å². The molecule has 0 spiro atoms. The van der Waals surface area contributed by atoms with Crippen LogP contribution in [0, 0.1) is 12.7 Å². The Morgan fingerprint density at radius 1 is 0.882 bits per heavy atom. The largest absolute Gasteiger partial charge is 0.328 e. The minimum absolute atomic E-state index is 0.0293. The van der Waals surface area contributed by atoms with Crippen molar-refractivity contribution in [2.45, 2.75) is 6.92 Å². The van der Waals surface area contributed by atoms with E-state index in [4.69, 9.17) is 23.2 Å². The van der Waals surface area contributed by atoms with Gasteiger partial charge in [-0.25, -0.2) is 9.07 Å². The van der Waals surface area contributed by atoms with Crippen LogP contribution < -0.4 is 16.1 Å². The van der Waals surface area contributed by atoms with Crippen molar-refractivity contribution in [1.29, 1.82) is 0 Å². The van der Waals surface area contributed by atoms with E-state index in [2.05, 4.69) is 16.1 Å². The maximum absolute atomic E-state index is 13.2. The van der Waals surface area contributed by atoms with Crippen LogP contribution in [0.2, 0.25) is 10.0 Å². The zero-order valence-corrected chi connectivity index (χ0v) is 19.2. The zero-order chi connectivity index (χ0) is 24.4. The van der Waals surface area contributed by atoms with Crippen LogP contribution in [0.15, 0.2) is 66.7 Å². The summed E-state index contributed by atoms with van der Waals surface area (Å²) in [7, 11) is 0. The Balaban J connectivity index is 1.63. The Morgan fingerprint density at radius 2 is 1.62 bits per heavy atom. The number of nitrogens with one attached hydrogen (secondary N) is 3. The summed E-state index contributed by atoms with van der Waals surface area (Å²) in [4.78, 5) is 38.2. The smallest absolute Gasteiger partial charge is 0.321 e. The number of fused-ring (bicyclic) bond motifs is 1. The summed E-state index contributed by atoms with van der Waals surface area (Å²) in [5.74, 6) is -3.01. The number of rotatable bonds is 4. The number of amides is 3. The lowest BCUT2D eigenvalue weighted by molar-refractivity contribution is -0.133. The predicted octanol–water partition coefficient (Wildman–Crippen LogP) is 5.36. The van der Waals surface area contributed by atoms with E-state index in [0.29, 0.717) is 37.9 Å². The molecule has 0 atom stereocenters. The van der Waals surface area contributed by atoms with E-state index in [1.54, 1.807) is 43.3 Å². The number of benzene rings is 3. The summed E-state index contributed by atoms with van der Waals surface area (Å²) in [6.07, 6.45) is 0. The van der Waals surface area contributed by atoms with Crippen molar-refractivity contribution in [2.24, 2.45) is 0 Å². The number of halogens is 3. The van der Waals surface area contributed by atoms with Gasteiger partial charge < -0.3 is 10.6 Å². The van der Waals surface area contributed by atoms with Gasteiger partial charge in [-0.2, -0.15) is 0 Å². The highest BCUT2D eigenvalue weighted by atomic mass is 35.5. The highest BCUT2D eigenvalue weighted by Crippen LogP contribution is 2.25. The molecule has 0 fully saturated rings. The first-order chi connectivity index (χ1) is 16.2. The van der Waals surface area contributed by atoms with Crippen molar-refractivity contribution in [1.82, 2.24) is 4.68 Å². The van der Waals surface area contributed by atoms with Crippen molar-refractivity contribution in [3.05, 3.63) is 93.8 Å². The van der Waals surface area contributed by atoms with Gasteiger partial charge in [-0.3, -0.25) is 19.8 Å². The van der Waals surface area contributed by atoms with Crippen molar-refractivity contribution in [2.75, 3.05) is 16.1 Å². The fourth-order valence-electron chi connectivity index (χ4n) is 3.28. The third-order valence-electron chi connectivity index (χ3n) is 5.03. The van der Waals surface area contributed by atoms with Gasteiger partial charge in [0.15, 0.2) is 0 Å². The van der Waals surface area contributed by atoms with Crippen molar-refractivity contribution >= 4 is 63.2 Å². The van der Waals surface area contributed by atoms with Gasteiger partial charge in [0.1, 0.15) is 11.5 Å². The minimum Gasteiger partial charge on any atom is -0.321 e. The normalized spacial score (nSPS) is 10.7. The van der Waals surface area contributed by atoms with Crippen LogP contribution in [0.1, 0.15) is 16.1 Å². The zero-order valence-electron chi connectivity index (χ0n) is 17.7. The summed E-state index contributed by atoms with van der Waals surface area (Å²) in [6.45, 7) is 1.71.